The van der Waals surface area contributed by atoms with Gasteiger partial charge in [-0.25, -0.2) is 0 Å². The number of rotatable bonds is 4. The minimum atomic E-state index is 0.169. The highest BCUT2D eigenvalue weighted by Gasteiger charge is 2.21. The van der Waals surface area contributed by atoms with Crippen LogP contribution in [0.2, 0.25) is 5.02 Å². The Labute approximate surface area is 142 Å². The minimum absolute atomic E-state index is 0.169. The van der Waals surface area contributed by atoms with Gasteiger partial charge in [0.15, 0.2) is 0 Å². The van der Waals surface area contributed by atoms with E-state index in [0.29, 0.717) is 13.0 Å². The molecule has 2 aromatic carbocycles. The van der Waals surface area contributed by atoms with E-state index < -0.39 is 0 Å². The molecule has 120 valence electrons. The van der Waals surface area contributed by atoms with Gasteiger partial charge >= 0.3 is 0 Å². The van der Waals surface area contributed by atoms with Gasteiger partial charge in [0, 0.05) is 35.9 Å². The Hall–Kier alpha value is -2.00. The van der Waals surface area contributed by atoms with Crippen molar-refractivity contribution in [1.82, 2.24) is 0 Å². The maximum atomic E-state index is 12.5. The first-order valence-electron chi connectivity index (χ1n) is 8.03. The average Bonchev–Trinajstić information content (AvgIpc) is 2.57. The number of nitrogens with one attached hydrogen (secondary N) is 1. The number of fused-ring (bicyclic) bond motifs is 1. The number of carbonyl (C=O) groups excluding carboxylic acids is 1. The summed E-state index contributed by atoms with van der Waals surface area (Å²) in [5.41, 5.74) is 4.35. The molecular formula is C19H21ClN2O. The van der Waals surface area contributed by atoms with E-state index >= 15 is 0 Å². The molecule has 3 nitrogen and oxygen atoms in total. The summed E-state index contributed by atoms with van der Waals surface area (Å²) in [5.74, 6) is 0.169. The maximum Gasteiger partial charge on any atom is 0.228 e. The molecule has 0 radical (unpaired) electrons. The number of hydrogen-bond donors (Lipinski definition) is 1. The largest absolute Gasteiger partial charge is 0.384 e. The molecule has 0 aliphatic carbocycles. The number of amides is 1. The molecular weight excluding hydrogens is 308 g/mol. The second-order valence-electron chi connectivity index (χ2n) is 5.92. The molecule has 23 heavy (non-hydrogen) atoms. The molecule has 0 saturated carbocycles. The molecule has 0 atom stereocenters. The van der Waals surface area contributed by atoms with Crippen molar-refractivity contribution >= 4 is 28.9 Å². The van der Waals surface area contributed by atoms with Crippen molar-refractivity contribution in [3.8, 4) is 0 Å². The zero-order chi connectivity index (χ0) is 16.2. The van der Waals surface area contributed by atoms with Gasteiger partial charge in [0.25, 0.3) is 0 Å². The topological polar surface area (TPSA) is 32.3 Å². The molecule has 1 amide bonds. The Kier molecular flexibility index (Phi) is 4.87. The van der Waals surface area contributed by atoms with Gasteiger partial charge in [0.05, 0.1) is 0 Å². The third kappa shape index (κ3) is 3.67. The number of aryl methyl sites for hydroxylation is 2. The van der Waals surface area contributed by atoms with Crippen molar-refractivity contribution in [2.75, 3.05) is 23.3 Å². The van der Waals surface area contributed by atoms with Gasteiger partial charge in [-0.05, 0) is 49.1 Å². The van der Waals surface area contributed by atoms with Crippen LogP contribution in [0, 0.1) is 6.92 Å². The third-order valence-corrected chi connectivity index (χ3v) is 4.66. The summed E-state index contributed by atoms with van der Waals surface area (Å²) in [4.78, 5) is 14.5. The molecule has 1 heterocycles. The molecule has 4 heteroatoms. The summed E-state index contributed by atoms with van der Waals surface area (Å²) in [7, 11) is 0. The van der Waals surface area contributed by atoms with E-state index in [2.05, 4.69) is 11.4 Å². The van der Waals surface area contributed by atoms with Gasteiger partial charge in [0.1, 0.15) is 0 Å². The number of para-hydroxylation sites is 1. The van der Waals surface area contributed by atoms with Crippen LogP contribution in [-0.2, 0) is 11.2 Å². The highest BCUT2D eigenvalue weighted by Crippen LogP contribution is 2.27. The summed E-state index contributed by atoms with van der Waals surface area (Å²) < 4.78 is 0. The predicted molar refractivity (Wildman–Crippen MR) is 96.4 cm³/mol. The zero-order valence-electron chi connectivity index (χ0n) is 13.3. The summed E-state index contributed by atoms with van der Waals surface area (Å²) in [6.07, 6.45) is 2.56. The first-order chi connectivity index (χ1) is 11.1. The van der Waals surface area contributed by atoms with Gasteiger partial charge in [-0.15, -0.1) is 0 Å². The Morgan fingerprint density at radius 1 is 1.26 bits per heavy atom. The summed E-state index contributed by atoms with van der Waals surface area (Å²) in [5, 5.41) is 4.02. The Morgan fingerprint density at radius 3 is 2.91 bits per heavy atom. The van der Waals surface area contributed by atoms with E-state index in [9.17, 15) is 4.79 Å². The van der Waals surface area contributed by atoms with Crippen LogP contribution in [0.25, 0.3) is 0 Å². The lowest BCUT2D eigenvalue weighted by Gasteiger charge is -2.29. The smallest absolute Gasteiger partial charge is 0.228 e. The molecule has 0 spiro atoms. The number of carbonyl (C=O) groups is 1. The Morgan fingerprint density at radius 2 is 2.09 bits per heavy atom. The monoisotopic (exact) mass is 328 g/mol. The lowest BCUT2D eigenvalue weighted by Crippen LogP contribution is -2.36. The Bertz CT molecular complexity index is 714. The lowest BCUT2D eigenvalue weighted by molar-refractivity contribution is -0.118. The average molecular weight is 329 g/mol. The SMILES string of the molecule is Cc1ccc(NCCC(=O)N2CCCc3ccccc32)cc1Cl. The van der Waals surface area contributed by atoms with Crippen molar-refractivity contribution in [2.45, 2.75) is 26.2 Å². The van der Waals surface area contributed by atoms with Crippen LogP contribution in [0.1, 0.15) is 24.0 Å². The molecule has 0 unspecified atom stereocenters. The molecule has 1 aliphatic rings. The summed E-state index contributed by atoms with van der Waals surface area (Å²) >= 11 is 6.12. The van der Waals surface area contributed by atoms with Crippen LogP contribution in [0.4, 0.5) is 11.4 Å². The number of halogens is 1. The fourth-order valence-electron chi connectivity index (χ4n) is 2.94. The third-order valence-electron chi connectivity index (χ3n) is 4.25. The number of nitrogens with zero attached hydrogens (tertiary/aromatic N) is 1. The number of anilines is 2. The molecule has 0 saturated heterocycles. The van der Waals surface area contributed by atoms with Crippen LogP contribution < -0.4 is 10.2 Å². The molecule has 0 bridgehead atoms. The first kappa shape index (κ1) is 15.9. The Balaban J connectivity index is 1.59. The quantitative estimate of drug-likeness (QED) is 0.900. The second-order valence-corrected chi connectivity index (χ2v) is 6.33. The van der Waals surface area contributed by atoms with E-state index in [1.807, 2.05) is 48.2 Å². The van der Waals surface area contributed by atoms with Gasteiger partial charge in [-0.3, -0.25) is 4.79 Å². The first-order valence-corrected chi connectivity index (χ1v) is 8.41. The van der Waals surface area contributed by atoms with Gasteiger partial charge in [-0.1, -0.05) is 35.9 Å². The molecule has 0 fully saturated rings. The second kappa shape index (κ2) is 7.05. The number of hydrogen-bond acceptors (Lipinski definition) is 2. The normalized spacial score (nSPS) is 13.6. The van der Waals surface area contributed by atoms with Crippen molar-refractivity contribution < 1.29 is 4.79 Å². The van der Waals surface area contributed by atoms with Crippen molar-refractivity contribution in [2.24, 2.45) is 0 Å². The van der Waals surface area contributed by atoms with Crippen LogP contribution in [0.5, 0.6) is 0 Å². The zero-order valence-corrected chi connectivity index (χ0v) is 14.1. The fraction of sp³-hybridized carbons (Fsp3) is 0.316. The maximum absolute atomic E-state index is 12.5. The van der Waals surface area contributed by atoms with Crippen molar-refractivity contribution in [1.29, 1.82) is 0 Å². The van der Waals surface area contributed by atoms with Crippen LogP contribution in [0.3, 0.4) is 0 Å². The minimum Gasteiger partial charge on any atom is -0.384 e. The molecule has 2 aromatic rings. The van der Waals surface area contributed by atoms with Crippen LogP contribution in [-0.4, -0.2) is 19.0 Å². The fourth-order valence-corrected chi connectivity index (χ4v) is 3.12. The van der Waals surface area contributed by atoms with E-state index in [4.69, 9.17) is 11.6 Å². The van der Waals surface area contributed by atoms with Crippen LogP contribution in [0.15, 0.2) is 42.5 Å². The van der Waals surface area contributed by atoms with Gasteiger partial charge < -0.3 is 10.2 Å². The molecule has 1 N–H and O–H groups in total. The summed E-state index contributed by atoms with van der Waals surface area (Å²) in [6, 6.07) is 14.1. The molecule has 3 rings (SSSR count). The number of benzene rings is 2. The van der Waals surface area contributed by atoms with E-state index in [1.165, 1.54) is 5.56 Å². The lowest BCUT2D eigenvalue weighted by atomic mass is 10.0. The van der Waals surface area contributed by atoms with E-state index in [0.717, 1.165) is 41.3 Å². The predicted octanol–water partition coefficient (Wildman–Crippen LogP) is 4.43. The van der Waals surface area contributed by atoms with Crippen LogP contribution >= 0.6 is 11.6 Å². The van der Waals surface area contributed by atoms with E-state index in [1.54, 1.807) is 0 Å². The van der Waals surface area contributed by atoms with Crippen molar-refractivity contribution in [3.63, 3.8) is 0 Å². The van der Waals surface area contributed by atoms with Crippen molar-refractivity contribution in [3.05, 3.63) is 58.6 Å². The highest BCUT2D eigenvalue weighted by atomic mass is 35.5. The highest BCUT2D eigenvalue weighted by molar-refractivity contribution is 6.31. The molecule has 1 aliphatic heterocycles. The van der Waals surface area contributed by atoms with Gasteiger partial charge in [-0.2, -0.15) is 0 Å². The summed E-state index contributed by atoms with van der Waals surface area (Å²) in [6.45, 7) is 3.40. The van der Waals surface area contributed by atoms with Gasteiger partial charge in [0.2, 0.25) is 5.91 Å². The standard InChI is InChI=1S/C19H21ClN2O/c1-14-8-9-16(13-17(14)20)21-11-10-19(23)22-12-4-6-15-5-2-3-7-18(15)22/h2-3,5,7-9,13,21H,4,6,10-12H2,1H3. The van der Waals surface area contributed by atoms with E-state index in [-0.39, 0.29) is 5.91 Å². The molecule has 0 aromatic heterocycles.